The quantitative estimate of drug-likeness (QED) is 0.604. The zero-order chi connectivity index (χ0) is 9.14. The van der Waals surface area contributed by atoms with E-state index in [4.69, 9.17) is 0 Å². The minimum atomic E-state index is -0.505. The van der Waals surface area contributed by atoms with E-state index in [-0.39, 0.29) is 5.56 Å². The molecule has 0 bridgehead atoms. The Kier molecular flexibility index (Phi) is 3.40. The van der Waals surface area contributed by atoms with Crippen molar-refractivity contribution in [3.63, 3.8) is 0 Å². The minimum Gasteiger partial charge on any atom is -0.298 e. The summed E-state index contributed by atoms with van der Waals surface area (Å²) in [6.07, 6.45) is 0.506. The van der Waals surface area contributed by atoms with Gasteiger partial charge in [0.1, 0.15) is 5.82 Å². The highest BCUT2D eigenvalue weighted by Crippen LogP contribution is 2.21. The van der Waals surface area contributed by atoms with Gasteiger partial charge in [-0.1, -0.05) is 15.9 Å². The molecule has 0 saturated carbocycles. The number of hydrogen-bond acceptors (Lipinski definition) is 1. The molecule has 0 fully saturated rings. The predicted octanol–water partition coefficient (Wildman–Crippen LogP) is 3.30. The van der Waals surface area contributed by atoms with E-state index in [1.165, 1.54) is 6.07 Å². The van der Waals surface area contributed by atoms with Crippen molar-refractivity contribution in [2.45, 2.75) is 5.33 Å². The third-order valence-corrected chi connectivity index (χ3v) is 2.62. The Labute approximate surface area is 86.2 Å². The first-order valence-electron chi connectivity index (χ1n) is 3.18. The molecule has 0 aliphatic heterocycles. The average Bonchev–Trinajstić information content (AvgIpc) is 2.09. The smallest absolute Gasteiger partial charge is 0.153 e. The maximum absolute atomic E-state index is 13.0. The first-order chi connectivity index (χ1) is 5.69. The molecule has 12 heavy (non-hydrogen) atoms. The Hall–Kier alpha value is -0.220. The van der Waals surface area contributed by atoms with Crippen molar-refractivity contribution >= 4 is 38.1 Å². The molecule has 1 rings (SSSR count). The normalized spacial score (nSPS) is 9.92. The second-order valence-electron chi connectivity index (χ2n) is 2.23. The van der Waals surface area contributed by atoms with Crippen LogP contribution in [0, 0.1) is 5.82 Å². The maximum Gasteiger partial charge on any atom is 0.153 e. The van der Waals surface area contributed by atoms with E-state index in [0.717, 1.165) is 5.56 Å². The van der Waals surface area contributed by atoms with Crippen molar-refractivity contribution in [3.05, 3.63) is 33.5 Å². The number of rotatable bonds is 2. The summed E-state index contributed by atoms with van der Waals surface area (Å²) in [5.74, 6) is -0.505. The molecule has 0 heterocycles. The fraction of sp³-hybridized carbons (Fsp3) is 0.125. The first kappa shape index (κ1) is 9.86. The molecule has 0 aromatic heterocycles. The molecule has 0 radical (unpaired) electrons. The van der Waals surface area contributed by atoms with Gasteiger partial charge in [0.05, 0.1) is 10.0 Å². The van der Waals surface area contributed by atoms with Crippen LogP contribution in [-0.2, 0) is 5.33 Å². The molecule has 1 aromatic rings. The predicted molar refractivity (Wildman–Crippen MR) is 52.1 cm³/mol. The lowest BCUT2D eigenvalue weighted by Crippen LogP contribution is -1.91. The average molecular weight is 296 g/mol. The maximum atomic E-state index is 13.0. The molecule has 0 N–H and O–H groups in total. The summed E-state index contributed by atoms with van der Waals surface area (Å²) in [7, 11) is 0. The van der Waals surface area contributed by atoms with Crippen LogP contribution in [0.25, 0.3) is 0 Å². The van der Waals surface area contributed by atoms with Crippen LogP contribution in [-0.4, -0.2) is 6.29 Å². The number of carbonyl (C=O) groups is 1. The summed E-state index contributed by atoms with van der Waals surface area (Å²) in [5.41, 5.74) is 0.948. The Morgan fingerprint density at radius 3 is 2.67 bits per heavy atom. The summed E-state index contributed by atoms with van der Waals surface area (Å²) in [5, 5.41) is 0.604. The highest BCUT2D eigenvalue weighted by Gasteiger charge is 2.07. The molecule has 1 aromatic carbocycles. The van der Waals surface area contributed by atoms with Crippen LogP contribution < -0.4 is 0 Å². The summed E-state index contributed by atoms with van der Waals surface area (Å²) >= 11 is 6.24. The van der Waals surface area contributed by atoms with E-state index in [1.54, 1.807) is 6.07 Å². The molecular weight excluding hydrogens is 291 g/mol. The van der Waals surface area contributed by atoms with Crippen molar-refractivity contribution in [1.82, 2.24) is 0 Å². The van der Waals surface area contributed by atoms with Crippen LogP contribution >= 0.6 is 31.9 Å². The summed E-state index contributed by atoms with van der Waals surface area (Å²) in [4.78, 5) is 10.4. The van der Waals surface area contributed by atoms with Crippen LogP contribution in [0.15, 0.2) is 16.6 Å². The van der Waals surface area contributed by atoms with Gasteiger partial charge in [-0.25, -0.2) is 4.39 Å². The van der Waals surface area contributed by atoms with Gasteiger partial charge in [-0.3, -0.25) is 4.79 Å². The van der Waals surface area contributed by atoms with Gasteiger partial charge >= 0.3 is 0 Å². The first-order valence-corrected chi connectivity index (χ1v) is 5.09. The highest BCUT2D eigenvalue weighted by atomic mass is 79.9. The molecule has 64 valence electrons. The van der Waals surface area contributed by atoms with E-state index in [0.29, 0.717) is 16.1 Å². The Morgan fingerprint density at radius 2 is 2.17 bits per heavy atom. The van der Waals surface area contributed by atoms with Crippen molar-refractivity contribution in [3.8, 4) is 0 Å². The molecular formula is C8H5Br2FO. The lowest BCUT2D eigenvalue weighted by Gasteiger charge is -2.01. The number of aldehydes is 1. The molecule has 1 nitrogen and oxygen atoms in total. The van der Waals surface area contributed by atoms with Crippen molar-refractivity contribution < 1.29 is 9.18 Å². The molecule has 0 spiro atoms. The molecule has 4 heteroatoms. The molecule has 0 aliphatic carbocycles. The zero-order valence-corrected chi connectivity index (χ0v) is 9.15. The molecule has 0 atom stereocenters. The summed E-state index contributed by atoms with van der Waals surface area (Å²) in [6.45, 7) is 0. The molecule has 0 unspecified atom stereocenters. The van der Waals surface area contributed by atoms with Gasteiger partial charge in [0, 0.05) is 5.33 Å². The SMILES string of the molecule is O=Cc1cc(CBr)cc(Br)c1F. The Balaban J connectivity index is 3.28. The standard InChI is InChI=1S/C8H5Br2FO/c9-3-5-1-6(4-12)8(11)7(10)2-5/h1-2,4H,3H2. The Bertz CT molecular complexity index is 312. The van der Waals surface area contributed by atoms with Crippen molar-refractivity contribution in [2.24, 2.45) is 0 Å². The van der Waals surface area contributed by atoms with Gasteiger partial charge in [-0.05, 0) is 33.6 Å². The number of hydrogen-bond donors (Lipinski definition) is 0. The fourth-order valence-corrected chi connectivity index (χ4v) is 1.68. The number of benzene rings is 1. The second-order valence-corrected chi connectivity index (χ2v) is 3.65. The van der Waals surface area contributed by atoms with E-state index in [1.807, 2.05) is 0 Å². The van der Waals surface area contributed by atoms with Crippen molar-refractivity contribution in [2.75, 3.05) is 0 Å². The fourth-order valence-electron chi connectivity index (χ4n) is 0.832. The number of alkyl halides is 1. The number of halogens is 3. The largest absolute Gasteiger partial charge is 0.298 e. The van der Waals surface area contributed by atoms with E-state index >= 15 is 0 Å². The molecule has 0 saturated heterocycles. The Morgan fingerprint density at radius 1 is 1.50 bits per heavy atom. The molecule has 0 aliphatic rings. The van der Waals surface area contributed by atoms with Gasteiger partial charge in [0.25, 0.3) is 0 Å². The van der Waals surface area contributed by atoms with Gasteiger partial charge < -0.3 is 0 Å². The van der Waals surface area contributed by atoms with Crippen LogP contribution in [0.5, 0.6) is 0 Å². The van der Waals surface area contributed by atoms with Gasteiger partial charge in [-0.15, -0.1) is 0 Å². The van der Waals surface area contributed by atoms with Crippen LogP contribution in [0.1, 0.15) is 15.9 Å². The van der Waals surface area contributed by atoms with E-state index in [2.05, 4.69) is 31.9 Å². The lowest BCUT2D eigenvalue weighted by atomic mass is 10.1. The second kappa shape index (κ2) is 4.14. The monoisotopic (exact) mass is 294 g/mol. The third kappa shape index (κ3) is 1.93. The summed E-state index contributed by atoms with van der Waals surface area (Å²) in [6, 6.07) is 3.15. The van der Waals surface area contributed by atoms with Crippen molar-refractivity contribution in [1.29, 1.82) is 0 Å². The van der Waals surface area contributed by atoms with E-state index < -0.39 is 5.82 Å². The van der Waals surface area contributed by atoms with Crippen LogP contribution in [0.4, 0.5) is 4.39 Å². The molecule has 0 amide bonds. The highest BCUT2D eigenvalue weighted by molar-refractivity contribution is 9.10. The van der Waals surface area contributed by atoms with Crippen LogP contribution in [0.3, 0.4) is 0 Å². The minimum absolute atomic E-state index is 0.0822. The van der Waals surface area contributed by atoms with Gasteiger partial charge in [-0.2, -0.15) is 0 Å². The van der Waals surface area contributed by atoms with E-state index in [9.17, 15) is 9.18 Å². The van der Waals surface area contributed by atoms with Gasteiger partial charge in [0.2, 0.25) is 0 Å². The zero-order valence-electron chi connectivity index (χ0n) is 5.98. The number of carbonyl (C=O) groups excluding carboxylic acids is 1. The lowest BCUT2D eigenvalue weighted by molar-refractivity contribution is 0.111. The third-order valence-electron chi connectivity index (χ3n) is 1.40. The topological polar surface area (TPSA) is 17.1 Å². The van der Waals surface area contributed by atoms with Crippen LogP contribution in [0.2, 0.25) is 0 Å². The summed E-state index contributed by atoms with van der Waals surface area (Å²) < 4.78 is 13.3. The van der Waals surface area contributed by atoms with Gasteiger partial charge in [0.15, 0.2) is 6.29 Å².